The van der Waals surface area contributed by atoms with Crippen LogP contribution in [-0.4, -0.2) is 23.7 Å². The summed E-state index contributed by atoms with van der Waals surface area (Å²) in [7, 11) is 0. The molecule has 1 fully saturated rings. The Morgan fingerprint density at radius 3 is 2.80 bits per heavy atom. The van der Waals surface area contributed by atoms with E-state index in [1.807, 2.05) is 24.4 Å². The van der Waals surface area contributed by atoms with Gasteiger partial charge >= 0.3 is 6.09 Å². The maximum atomic E-state index is 11.6. The second-order valence-electron chi connectivity index (χ2n) is 4.51. The standard InChI is InChI=1S/C14H11N3O2S/c1-9-7-17(14(18)19-9)13-16-12(8-20-13)11-4-2-10(6-15)3-5-11/h2-5,8-9H,7H2,1H3. The van der Waals surface area contributed by atoms with Gasteiger partial charge in [0.05, 0.1) is 23.9 Å². The van der Waals surface area contributed by atoms with Crippen molar-refractivity contribution >= 4 is 22.6 Å². The van der Waals surface area contributed by atoms with Crippen molar-refractivity contribution in [1.29, 1.82) is 5.26 Å². The summed E-state index contributed by atoms with van der Waals surface area (Å²) in [4.78, 5) is 17.7. The van der Waals surface area contributed by atoms with Gasteiger partial charge in [0.2, 0.25) is 0 Å². The first-order chi connectivity index (χ1) is 9.67. The maximum absolute atomic E-state index is 11.6. The molecule has 0 aliphatic carbocycles. The summed E-state index contributed by atoms with van der Waals surface area (Å²) >= 11 is 1.41. The van der Waals surface area contributed by atoms with Gasteiger partial charge in [0.15, 0.2) is 5.13 Å². The molecule has 1 aromatic carbocycles. The second-order valence-corrected chi connectivity index (χ2v) is 5.35. The van der Waals surface area contributed by atoms with Crippen LogP contribution in [0.3, 0.4) is 0 Å². The molecule has 1 atom stereocenters. The number of hydrogen-bond acceptors (Lipinski definition) is 5. The highest BCUT2D eigenvalue weighted by Gasteiger charge is 2.31. The molecule has 20 heavy (non-hydrogen) atoms. The van der Waals surface area contributed by atoms with Gasteiger partial charge in [-0.05, 0) is 19.1 Å². The normalized spacial score (nSPS) is 17.9. The molecule has 0 bridgehead atoms. The van der Waals surface area contributed by atoms with Gasteiger partial charge in [-0.25, -0.2) is 14.7 Å². The monoisotopic (exact) mass is 285 g/mol. The minimum Gasteiger partial charge on any atom is -0.444 e. The molecule has 5 nitrogen and oxygen atoms in total. The highest BCUT2D eigenvalue weighted by atomic mass is 32.1. The number of carbonyl (C=O) groups excluding carboxylic acids is 1. The number of amides is 1. The Bertz CT molecular complexity index is 687. The van der Waals surface area contributed by atoms with Gasteiger partial charge in [-0.2, -0.15) is 5.26 Å². The summed E-state index contributed by atoms with van der Waals surface area (Å²) in [6.45, 7) is 2.38. The lowest BCUT2D eigenvalue weighted by molar-refractivity contribution is 0.150. The lowest BCUT2D eigenvalue weighted by atomic mass is 10.1. The predicted octanol–water partition coefficient (Wildman–Crippen LogP) is 3.03. The average molecular weight is 285 g/mol. The van der Waals surface area contributed by atoms with E-state index in [9.17, 15) is 4.79 Å². The van der Waals surface area contributed by atoms with Crippen LogP contribution in [0, 0.1) is 11.3 Å². The fourth-order valence-corrected chi connectivity index (χ4v) is 2.83. The third-order valence-electron chi connectivity index (χ3n) is 2.99. The number of aromatic nitrogens is 1. The summed E-state index contributed by atoms with van der Waals surface area (Å²) in [5.74, 6) is 0. The van der Waals surface area contributed by atoms with Crippen LogP contribution < -0.4 is 4.90 Å². The zero-order valence-corrected chi connectivity index (χ0v) is 11.6. The topological polar surface area (TPSA) is 66.2 Å². The predicted molar refractivity (Wildman–Crippen MR) is 75.6 cm³/mol. The molecule has 0 radical (unpaired) electrons. The molecule has 0 spiro atoms. The number of ether oxygens (including phenoxy) is 1. The maximum Gasteiger partial charge on any atom is 0.416 e. The number of nitrogens with zero attached hydrogens (tertiary/aromatic N) is 3. The van der Waals surface area contributed by atoms with Gasteiger partial charge in [0.1, 0.15) is 6.10 Å². The zero-order valence-electron chi connectivity index (χ0n) is 10.7. The van der Waals surface area contributed by atoms with Crippen molar-refractivity contribution < 1.29 is 9.53 Å². The van der Waals surface area contributed by atoms with Crippen molar-refractivity contribution in [3.05, 3.63) is 35.2 Å². The van der Waals surface area contributed by atoms with Crippen LogP contribution in [0.1, 0.15) is 12.5 Å². The van der Waals surface area contributed by atoms with Gasteiger partial charge in [0, 0.05) is 10.9 Å². The van der Waals surface area contributed by atoms with Crippen molar-refractivity contribution in [3.8, 4) is 17.3 Å². The third-order valence-corrected chi connectivity index (χ3v) is 3.86. The van der Waals surface area contributed by atoms with E-state index in [1.54, 1.807) is 17.0 Å². The Morgan fingerprint density at radius 2 is 2.20 bits per heavy atom. The summed E-state index contributed by atoms with van der Waals surface area (Å²) < 4.78 is 5.09. The Morgan fingerprint density at radius 1 is 1.45 bits per heavy atom. The molecule has 2 aromatic rings. The fraction of sp³-hybridized carbons (Fsp3) is 0.214. The van der Waals surface area contributed by atoms with Gasteiger partial charge in [0.25, 0.3) is 0 Å². The van der Waals surface area contributed by atoms with E-state index >= 15 is 0 Å². The van der Waals surface area contributed by atoms with Crippen molar-refractivity contribution in [2.75, 3.05) is 11.4 Å². The molecule has 1 aliphatic rings. The highest BCUT2D eigenvalue weighted by molar-refractivity contribution is 7.14. The molecule has 1 unspecified atom stereocenters. The Balaban J connectivity index is 1.86. The van der Waals surface area contributed by atoms with E-state index in [-0.39, 0.29) is 12.2 Å². The first-order valence-electron chi connectivity index (χ1n) is 6.11. The van der Waals surface area contributed by atoms with Crippen LogP contribution in [0.2, 0.25) is 0 Å². The molecule has 1 aromatic heterocycles. The largest absolute Gasteiger partial charge is 0.444 e. The van der Waals surface area contributed by atoms with E-state index in [0.29, 0.717) is 17.2 Å². The molecule has 2 heterocycles. The number of benzene rings is 1. The van der Waals surface area contributed by atoms with Crippen LogP contribution in [0.15, 0.2) is 29.6 Å². The molecular weight excluding hydrogens is 274 g/mol. The fourth-order valence-electron chi connectivity index (χ4n) is 2.00. The number of rotatable bonds is 2. The van der Waals surface area contributed by atoms with Crippen molar-refractivity contribution in [2.24, 2.45) is 0 Å². The quantitative estimate of drug-likeness (QED) is 0.850. The van der Waals surface area contributed by atoms with Crippen molar-refractivity contribution in [2.45, 2.75) is 13.0 Å². The summed E-state index contributed by atoms with van der Waals surface area (Å²) in [6, 6.07) is 9.28. The van der Waals surface area contributed by atoms with Crippen LogP contribution in [-0.2, 0) is 4.74 Å². The van der Waals surface area contributed by atoms with Gasteiger partial charge in [-0.1, -0.05) is 12.1 Å². The minimum atomic E-state index is -0.349. The van der Waals surface area contributed by atoms with Crippen molar-refractivity contribution in [3.63, 3.8) is 0 Å². The number of thiazole rings is 1. The lowest BCUT2D eigenvalue weighted by Gasteiger charge is -2.07. The number of cyclic esters (lactones) is 1. The van der Waals surface area contributed by atoms with E-state index in [4.69, 9.17) is 10.00 Å². The van der Waals surface area contributed by atoms with Gasteiger partial charge in [-0.15, -0.1) is 11.3 Å². The number of hydrogen-bond donors (Lipinski definition) is 0. The molecule has 0 saturated carbocycles. The van der Waals surface area contributed by atoms with Crippen molar-refractivity contribution in [1.82, 2.24) is 4.98 Å². The van der Waals surface area contributed by atoms with E-state index in [2.05, 4.69) is 11.1 Å². The Kier molecular flexibility index (Phi) is 3.12. The molecule has 0 N–H and O–H groups in total. The van der Waals surface area contributed by atoms with E-state index < -0.39 is 0 Å². The SMILES string of the molecule is CC1CN(c2nc(-c3ccc(C#N)cc3)cs2)C(=O)O1. The van der Waals surface area contributed by atoms with Crippen LogP contribution in [0.25, 0.3) is 11.3 Å². The van der Waals surface area contributed by atoms with Crippen LogP contribution in [0.5, 0.6) is 0 Å². The Hall–Kier alpha value is -2.39. The van der Waals surface area contributed by atoms with E-state index in [0.717, 1.165) is 11.3 Å². The van der Waals surface area contributed by atoms with Crippen LogP contribution in [0.4, 0.5) is 9.93 Å². The number of anilines is 1. The second kappa shape index (κ2) is 4.94. The third kappa shape index (κ3) is 2.24. The molecule has 1 saturated heterocycles. The number of nitriles is 1. The molecule has 100 valence electrons. The number of carbonyl (C=O) groups is 1. The first kappa shape index (κ1) is 12.6. The molecule has 3 rings (SSSR count). The molecule has 1 amide bonds. The Labute approximate surface area is 120 Å². The summed E-state index contributed by atoms with van der Waals surface area (Å²) in [5.41, 5.74) is 2.33. The van der Waals surface area contributed by atoms with Gasteiger partial charge in [-0.3, -0.25) is 0 Å². The highest BCUT2D eigenvalue weighted by Crippen LogP contribution is 2.30. The first-order valence-corrected chi connectivity index (χ1v) is 6.99. The average Bonchev–Trinajstić information content (AvgIpc) is 3.05. The molecule has 1 aliphatic heterocycles. The molecule has 6 heteroatoms. The van der Waals surface area contributed by atoms with E-state index in [1.165, 1.54) is 11.3 Å². The smallest absolute Gasteiger partial charge is 0.416 e. The summed E-state index contributed by atoms with van der Waals surface area (Å²) in [6.07, 6.45) is -0.456. The minimum absolute atomic E-state index is 0.107. The lowest BCUT2D eigenvalue weighted by Crippen LogP contribution is -2.23. The summed E-state index contributed by atoms with van der Waals surface area (Å²) in [5, 5.41) is 11.3. The van der Waals surface area contributed by atoms with Crippen LogP contribution >= 0.6 is 11.3 Å². The molecular formula is C14H11N3O2S. The zero-order chi connectivity index (χ0) is 14.1. The van der Waals surface area contributed by atoms with Gasteiger partial charge < -0.3 is 4.74 Å².